The van der Waals surface area contributed by atoms with Gasteiger partial charge in [-0.25, -0.2) is 4.39 Å². The number of hydrogen-bond acceptors (Lipinski definition) is 8. The van der Waals surface area contributed by atoms with E-state index in [1.165, 1.54) is 25.1 Å². The van der Waals surface area contributed by atoms with Crippen molar-refractivity contribution in [2.45, 2.75) is 31.4 Å². The van der Waals surface area contributed by atoms with Gasteiger partial charge in [-0.05, 0) is 26.0 Å². The minimum atomic E-state index is -6.05. The zero-order valence-corrected chi connectivity index (χ0v) is 20.2. The molecular formula is C23H23F4NO7S. The zero-order valence-electron chi connectivity index (χ0n) is 19.4. The Kier molecular flexibility index (Phi) is 6.82. The average Bonchev–Trinajstić information content (AvgIpc) is 2.79. The number of alkyl halides is 3. The van der Waals surface area contributed by atoms with Crippen molar-refractivity contribution >= 4 is 21.6 Å². The van der Waals surface area contributed by atoms with E-state index in [4.69, 9.17) is 14.2 Å². The number of benzene rings is 2. The third-order valence-electron chi connectivity index (χ3n) is 5.83. The molecule has 4 rings (SSSR count). The lowest BCUT2D eigenvalue weighted by molar-refractivity contribution is -0.0501. The van der Waals surface area contributed by atoms with Crippen LogP contribution in [0.1, 0.15) is 29.3 Å². The van der Waals surface area contributed by atoms with Gasteiger partial charge < -0.3 is 23.3 Å². The fourth-order valence-corrected chi connectivity index (χ4v) is 4.41. The fraction of sp³-hybridized carbons (Fsp3) is 0.435. The Bertz CT molecular complexity index is 1280. The second-order valence-electron chi connectivity index (χ2n) is 8.70. The molecule has 13 heteroatoms. The van der Waals surface area contributed by atoms with Gasteiger partial charge in [-0.1, -0.05) is 6.07 Å². The van der Waals surface area contributed by atoms with Crippen LogP contribution >= 0.6 is 0 Å². The van der Waals surface area contributed by atoms with Crippen LogP contribution < -0.4 is 18.6 Å². The zero-order chi connectivity index (χ0) is 26.3. The van der Waals surface area contributed by atoms with Crippen LogP contribution in [0.4, 0.5) is 23.2 Å². The molecule has 0 amide bonds. The van der Waals surface area contributed by atoms with Gasteiger partial charge in [-0.3, -0.25) is 4.79 Å². The lowest BCUT2D eigenvalue weighted by atomic mass is 9.91. The first-order chi connectivity index (χ1) is 16.8. The van der Waals surface area contributed by atoms with Crippen LogP contribution in [-0.4, -0.2) is 58.2 Å². The van der Waals surface area contributed by atoms with Gasteiger partial charge in [-0.15, -0.1) is 0 Å². The van der Waals surface area contributed by atoms with Crippen LogP contribution in [0.3, 0.4) is 0 Å². The molecule has 0 radical (unpaired) electrons. The van der Waals surface area contributed by atoms with Gasteiger partial charge in [0, 0.05) is 36.5 Å². The summed E-state index contributed by atoms with van der Waals surface area (Å²) in [6.07, 6.45) is -0.353. The van der Waals surface area contributed by atoms with Gasteiger partial charge in [0.2, 0.25) is 0 Å². The van der Waals surface area contributed by atoms with Crippen molar-refractivity contribution in [2.24, 2.45) is 0 Å². The van der Waals surface area contributed by atoms with Gasteiger partial charge >= 0.3 is 15.6 Å². The maximum atomic E-state index is 13.9. The van der Waals surface area contributed by atoms with E-state index < -0.39 is 44.1 Å². The van der Waals surface area contributed by atoms with Crippen LogP contribution in [-0.2, 0) is 14.9 Å². The van der Waals surface area contributed by atoms with Gasteiger partial charge in [0.25, 0.3) is 0 Å². The smallest absolute Gasteiger partial charge is 0.489 e. The number of ether oxygens (including phenoxy) is 3. The van der Waals surface area contributed by atoms with Gasteiger partial charge in [-0.2, -0.15) is 21.6 Å². The summed E-state index contributed by atoms with van der Waals surface area (Å²) in [6, 6.07) is 6.79. The topological polar surface area (TPSA) is 91.4 Å². The van der Waals surface area contributed by atoms with Gasteiger partial charge in [0.1, 0.15) is 35.1 Å². The van der Waals surface area contributed by atoms with Crippen molar-refractivity contribution in [1.82, 2.24) is 0 Å². The molecule has 1 unspecified atom stereocenters. The van der Waals surface area contributed by atoms with Crippen molar-refractivity contribution in [3.8, 4) is 17.2 Å². The summed E-state index contributed by atoms with van der Waals surface area (Å²) in [5, 5.41) is 0. The number of hydrogen-bond donors (Lipinski definition) is 0. The monoisotopic (exact) mass is 533 g/mol. The minimum Gasteiger partial charge on any atom is -0.489 e. The van der Waals surface area contributed by atoms with Crippen molar-refractivity contribution < 1.29 is 49.2 Å². The highest BCUT2D eigenvalue weighted by Gasteiger charge is 2.50. The molecule has 2 aliphatic heterocycles. The highest BCUT2D eigenvalue weighted by molar-refractivity contribution is 7.88. The molecule has 0 N–H and O–H groups in total. The SMILES string of the molecule is Cc1c(F)cccc1OCC1(C)CC(=O)c2c(cc(N3CCOCC3)cc2OS(=O)(=O)C(F)(F)F)O1. The summed E-state index contributed by atoms with van der Waals surface area (Å²) in [4.78, 5) is 14.8. The largest absolute Gasteiger partial charge is 0.534 e. The highest BCUT2D eigenvalue weighted by Crippen LogP contribution is 2.43. The number of anilines is 1. The van der Waals surface area contributed by atoms with Crippen molar-refractivity contribution in [2.75, 3.05) is 37.8 Å². The van der Waals surface area contributed by atoms with E-state index in [1.54, 1.807) is 17.9 Å². The van der Waals surface area contributed by atoms with E-state index in [9.17, 15) is 30.8 Å². The molecule has 2 aliphatic rings. The Morgan fingerprint density at radius 2 is 1.83 bits per heavy atom. The van der Waals surface area contributed by atoms with Gasteiger partial charge in [0.15, 0.2) is 11.5 Å². The summed E-state index contributed by atoms with van der Waals surface area (Å²) in [6.45, 7) is 4.31. The molecule has 1 saturated heterocycles. The number of rotatable bonds is 6. The first kappa shape index (κ1) is 26.0. The molecule has 2 heterocycles. The first-order valence-corrected chi connectivity index (χ1v) is 12.3. The second kappa shape index (κ2) is 9.43. The summed E-state index contributed by atoms with van der Waals surface area (Å²) in [7, 11) is -6.05. The molecule has 0 saturated carbocycles. The molecule has 0 spiro atoms. The van der Waals surface area contributed by atoms with Crippen LogP contribution in [0.2, 0.25) is 0 Å². The predicted octanol–water partition coefficient (Wildman–Crippen LogP) is 4.00. The number of halogens is 4. The molecule has 2 aromatic rings. The molecule has 0 aromatic heterocycles. The molecule has 1 atom stereocenters. The third-order valence-corrected chi connectivity index (χ3v) is 6.80. The summed E-state index contributed by atoms with van der Waals surface area (Å²) in [5.74, 6) is -1.86. The van der Waals surface area contributed by atoms with Crippen LogP contribution in [0.25, 0.3) is 0 Å². The van der Waals surface area contributed by atoms with Crippen molar-refractivity contribution in [3.63, 3.8) is 0 Å². The number of carbonyl (C=O) groups is 1. The van der Waals surface area contributed by atoms with Crippen LogP contribution in [0.15, 0.2) is 30.3 Å². The van der Waals surface area contributed by atoms with Crippen molar-refractivity contribution in [3.05, 3.63) is 47.3 Å². The second-order valence-corrected chi connectivity index (χ2v) is 10.2. The number of fused-ring (bicyclic) bond motifs is 1. The number of Topliss-reactive ketones (excluding diaryl/α,β-unsaturated/α-hetero) is 1. The Balaban J connectivity index is 1.70. The maximum absolute atomic E-state index is 13.9. The van der Waals surface area contributed by atoms with E-state index in [2.05, 4.69) is 4.18 Å². The predicted molar refractivity (Wildman–Crippen MR) is 120 cm³/mol. The highest BCUT2D eigenvalue weighted by atomic mass is 32.2. The number of morpholine rings is 1. The Morgan fingerprint density at radius 1 is 1.14 bits per heavy atom. The molecule has 8 nitrogen and oxygen atoms in total. The van der Waals surface area contributed by atoms with Crippen LogP contribution in [0, 0.1) is 12.7 Å². The van der Waals surface area contributed by atoms with Gasteiger partial charge in [0.05, 0.1) is 19.6 Å². The summed E-state index contributed by atoms with van der Waals surface area (Å²) < 4.78 is 97.9. The quantitative estimate of drug-likeness (QED) is 0.313. The van der Waals surface area contributed by atoms with Crippen molar-refractivity contribution in [1.29, 1.82) is 0 Å². The number of carbonyl (C=O) groups excluding carboxylic acids is 1. The standard InChI is InChI=1S/C23H23F4NO7S/c1-14-16(24)4-3-5-18(14)33-13-22(2)12-17(29)21-19(34-22)10-15(28-6-8-32-9-7-28)11-20(21)35-36(30,31)23(25,26)27/h3-5,10-11H,6-9,12-13H2,1-2H3. The normalized spacial score (nSPS) is 20.5. The number of nitrogens with zero attached hydrogens (tertiary/aromatic N) is 1. The lowest BCUT2D eigenvalue weighted by Gasteiger charge is -2.36. The van der Waals surface area contributed by atoms with E-state index >= 15 is 0 Å². The molecule has 1 fully saturated rings. The van der Waals surface area contributed by atoms with E-state index in [1.807, 2.05) is 0 Å². The van der Waals surface area contributed by atoms with Crippen LogP contribution in [0.5, 0.6) is 17.2 Å². The first-order valence-electron chi connectivity index (χ1n) is 10.9. The third kappa shape index (κ3) is 5.21. The lowest BCUT2D eigenvalue weighted by Crippen LogP contribution is -2.45. The molecule has 196 valence electrons. The Hall–Kier alpha value is -3.06. The minimum absolute atomic E-state index is 0.148. The van der Waals surface area contributed by atoms with E-state index in [0.29, 0.717) is 32.0 Å². The fourth-order valence-electron chi connectivity index (χ4n) is 3.95. The molecule has 2 aromatic carbocycles. The van der Waals surface area contributed by atoms with E-state index in [0.717, 1.165) is 6.07 Å². The molecular weight excluding hydrogens is 510 g/mol. The summed E-state index contributed by atoms with van der Waals surface area (Å²) >= 11 is 0. The number of ketones is 1. The maximum Gasteiger partial charge on any atom is 0.534 e. The molecule has 0 aliphatic carbocycles. The Labute approximate surface area is 204 Å². The Morgan fingerprint density at radius 3 is 2.50 bits per heavy atom. The molecule has 0 bridgehead atoms. The average molecular weight is 533 g/mol. The molecule has 36 heavy (non-hydrogen) atoms. The van der Waals surface area contributed by atoms with E-state index in [-0.39, 0.29) is 30.1 Å². The summed E-state index contributed by atoms with van der Waals surface area (Å²) in [5.41, 5.74) is -6.85.